The molecule has 0 saturated carbocycles. The van der Waals surface area contributed by atoms with Crippen molar-refractivity contribution >= 4 is 11.5 Å². The number of carbonyl (C=O) groups excluding carboxylic acids is 1. The Hall–Kier alpha value is -3.26. The summed E-state index contributed by atoms with van der Waals surface area (Å²) in [6.45, 7) is 4.80. The van der Waals surface area contributed by atoms with E-state index >= 15 is 0 Å². The molecule has 1 fully saturated rings. The first-order valence-corrected chi connectivity index (χ1v) is 9.78. The number of anilines is 1. The standard InChI is InChI=1S/C22H23FN4O3/c1-15(28)16-6-7-20(19(23)13-16)27-10-8-26(9-11-27)14-21-24-22(25-30-21)17-4-3-5-18(12-17)29-2/h3-7,12-13H,8-11,14H2,1-2H3. The quantitative estimate of drug-likeness (QED) is 0.577. The van der Waals surface area contributed by atoms with Crippen molar-refractivity contribution in [1.29, 1.82) is 0 Å². The van der Waals surface area contributed by atoms with Crippen molar-refractivity contribution in [2.75, 3.05) is 38.2 Å². The molecule has 156 valence electrons. The van der Waals surface area contributed by atoms with E-state index in [9.17, 15) is 9.18 Å². The van der Waals surface area contributed by atoms with Gasteiger partial charge in [-0.15, -0.1) is 0 Å². The van der Waals surface area contributed by atoms with E-state index < -0.39 is 0 Å². The summed E-state index contributed by atoms with van der Waals surface area (Å²) in [5, 5.41) is 4.07. The van der Waals surface area contributed by atoms with Crippen molar-refractivity contribution in [2.24, 2.45) is 0 Å². The largest absolute Gasteiger partial charge is 0.497 e. The Morgan fingerprint density at radius 2 is 1.97 bits per heavy atom. The van der Waals surface area contributed by atoms with Crippen molar-refractivity contribution < 1.29 is 18.4 Å². The van der Waals surface area contributed by atoms with E-state index in [-0.39, 0.29) is 11.6 Å². The molecular weight excluding hydrogens is 387 g/mol. The lowest BCUT2D eigenvalue weighted by Crippen LogP contribution is -2.46. The summed E-state index contributed by atoms with van der Waals surface area (Å²) in [6, 6.07) is 12.2. The fraction of sp³-hybridized carbons (Fsp3) is 0.318. The van der Waals surface area contributed by atoms with E-state index in [4.69, 9.17) is 9.26 Å². The molecule has 0 unspecified atom stereocenters. The van der Waals surface area contributed by atoms with Gasteiger partial charge in [-0.05, 0) is 37.3 Å². The maximum absolute atomic E-state index is 14.4. The molecule has 8 heteroatoms. The zero-order valence-corrected chi connectivity index (χ0v) is 17.0. The molecule has 2 heterocycles. The Labute approximate surface area is 174 Å². The molecule has 30 heavy (non-hydrogen) atoms. The van der Waals surface area contributed by atoms with E-state index in [0.29, 0.717) is 42.6 Å². The van der Waals surface area contributed by atoms with E-state index in [2.05, 4.69) is 15.0 Å². The summed E-state index contributed by atoms with van der Waals surface area (Å²) in [7, 11) is 1.62. The smallest absolute Gasteiger partial charge is 0.241 e. The third kappa shape index (κ3) is 4.33. The van der Waals surface area contributed by atoms with Crippen LogP contribution in [0.5, 0.6) is 5.75 Å². The molecule has 4 rings (SSSR count). The Morgan fingerprint density at radius 3 is 2.67 bits per heavy atom. The number of piperazine rings is 1. The van der Waals surface area contributed by atoms with Crippen LogP contribution in [0, 0.1) is 5.82 Å². The first-order valence-electron chi connectivity index (χ1n) is 9.78. The number of carbonyl (C=O) groups is 1. The van der Waals surface area contributed by atoms with Crippen LogP contribution < -0.4 is 9.64 Å². The van der Waals surface area contributed by atoms with Crippen molar-refractivity contribution in [3.05, 3.63) is 59.7 Å². The molecular formula is C22H23FN4O3. The third-order valence-electron chi connectivity index (χ3n) is 5.22. The highest BCUT2D eigenvalue weighted by Gasteiger charge is 2.22. The van der Waals surface area contributed by atoms with Gasteiger partial charge in [-0.3, -0.25) is 9.69 Å². The van der Waals surface area contributed by atoms with E-state index in [1.165, 1.54) is 13.0 Å². The normalized spacial score (nSPS) is 14.7. The zero-order chi connectivity index (χ0) is 21.1. The van der Waals surface area contributed by atoms with Crippen LogP contribution in [0.4, 0.5) is 10.1 Å². The minimum absolute atomic E-state index is 0.141. The molecule has 0 aliphatic carbocycles. The molecule has 1 saturated heterocycles. The monoisotopic (exact) mass is 410 g/mol. The second-order valence-corrected chi connectivity index (χ2v) is 7.23. The Bertz CT molecular complexity index is 1040. The summed E-state index contributed by atoms with van der Waals surface area (Å²) in [5.41, 5.74) is 1.74. The van der Waals surface area contributed by atoms with Gasteiger partial charge in [-0.25, -0.2) is 4.39 Å². The first kappa shape index (κ1) is 20.0. The lowest BCUT2D eigenvalue weighted by Gasteiger charge is -2.35. The fourth-order valence-corrected chi connectivity index (χ4v) is 3.52. The van der Waals surface area contributed by atoms with Crippen molar-refractivity contribution in [3.63, 3.8) is 0 Å². The predicted molar refractivity (Wildman–Crippen MR) is 110 cm³/mol. The van der Waals surface area contributed by atoms with E-state index in [1.807, 2.05) is 29.2 Å². The molecule has 0 spiro atoms. The average Bonchev–Trinajstić information content (AvgIpc) is 3.23. The molecule has 0 bridgehead atoms. The number of hydrogen-bond donors (Lipinski definition) is 0. The number of hydrogen-bond acceptors (Lipinski definition) is 7. The van der Waals surface area contributed by atoms with Crippen molar-refractivity contribution in [2.45, 2.75) is 13.5 Å². The Kier molecular flexibility index (Phi) is 5.76. The molecule has 2 aromatic carbocycles. The second kappa shape index (κ2) is 8.62. The van der Waals surface area contributed by atoms with Gasteiger partial charge in [0.1, 0.15) is 11.6 Å². The summed E-state index contributed by atoms with van der Waals surface area (Å²) in [6.07, 6.45) is 0. The summed E-state index contributed by atoms with van der Waals surface area (Å²) in [4.78, 5) is 20.1. The maximum atomic E-state index is 14.4. The maximum Gasteiger partial charge on any atom is 0.241 e. The fourth-order valence-electron chi connectivity index (χ4n) is 3.52. The van der Waals surface area contributed by atoms with Crippen LogP contribution in [0.15, 0.2) is 47.0 Å². The van der Waals surface area contributed by atoms with E-state index in [1.54, 1.807) is 19.2 Å². The van der Waals surface area contributed by atoms with Crippen LogP contribution in [0.25, 0.3) is 11.4 Å². The number of aromatic nitrogens is 2. The molecule has 1 aliphatic rings. The number of Topliss-reactive ketones (excluding diaryl/α,β-unsaturated/α-hetero) is 1. The van der Waals surface area contributed by atoms with E-state index in [0.717, 1.165) is 24.4 Å². The van der Waals surface area contributed by atoms with Crippen LogP contribution in [0.1, 0.15) is 23.2 Å². The van der Waals surface area contributed by atoms with Gasteiger partial charge >= 0.3 is 0 Å². The number of rotatable bonds is 6. The predicted octanol–water partition coefficient (Wildman–Crippen LogP) is 3.41. The molecule has 0 N–H and O–H groups in total. The number of methoxy groups -OCH3 is 1. The highest BCUT2D eigenvalue weighted by molar-refractivity contribution is 5.94. The van der Waals surface area contributed by atoms with Gasteiger partial charge in [0.05, 0.1) is 19.3 Å². The van der Waals surface area contributed by atoms with Gasteiger partial charge in [-0.2, -0.15) is 4.98 Å². The van der Waals surface area contributed by atoms with Gasteiger partial charge in [0.2, 0.25) is 11.7 Å². The van der Waals surface area contributed by atoms with Crippen LogP contribution >= 0.6 is 0 Å². The molecule has 0 atom stereocenters. The molecule has 7 nitrogen and oxygen atoms in total. The van der Waals surface area contributed by atoms with Crippen LogP contribution in [0.2, 0.25) is 0 Å². The number of halogens is 1. The van der Waals surface area contributed by atoms with Crippen LogP contribution in [-0.2, 0) is 6.54 Å². The number of benzene rings is 2. The zero-order valence-electron chi connectivity index (χ0n) is 17.0. The van der Waals surface area contributed by atoms with Crippen molar-refractivity contribution in [1.82, 2.24) is 15.0 Å². The molecule has 3 aromatic rings. The number of nitrogens with zero attached hydrogens (tertiary/aromatic N) is 4. The van der Waals surface area contributed by atoms with Gasteiger partial charge < -0.3 is 14.2 Å². The number of ketones is 1. The lowest BCUT2D eigenvalue weighted by atomic mass is 10.1. The average molecular weight is 410 g/mol. The van der Waals surface area contributed by atoms with Crippen LogP contribution in [-0.4, -0.2) is 54.1 Å². The Balaban J connectivity index is 1.36. The second-order valence-electron chi connectivity index (χ2n) is 7.23. The van der Waals surface area contributed by atoms with Crippen LogP contribution in [0.3, 0.4) is 0 Å². The highest BCUT2D eigenvalue weighted by atomic mass is 19.1. The summed E-state index contributed by atoms with van der Waals surface area (Å²) < 4.78 is 25.1. The highest BCUT2D eigenvalue weighted by Crippen LogP contribution is 2.24. The van der Waals surface area contributed by atoms with Gasteiger partial charge in [0, 0.05) is 37.3 Å². The van der Waals surface area contributed by atoms with Crippen molar-refractivity contribution in [3.8, 4) is 17.1 Å². The Morgan fingerprint density at radius 1 is 1.17 bits per heavy atom. The van der Waals surface area contributed by atoms with Gasteiger partial charge in [0.15, 0.2) is 5.78 Å². The summed E-state index contributed by atoms with van der Waals surface area (Å²) in [5.74, 6) is 1.29. The number of ether oxygens (including phenoxy) is 1. The van der Waals surface area contributed by atoms with Gasteiger partial charge in [-0.1, -0.05) is 17.3 Å². The molecule has 0 radical (unpaired) electrons. The molecule has 1 aromatic heterocycles. The SMILES string of the molecule is COc1cccc(-c2noc(CN3CCN(c4ccc(C(C)=O)cc4F)CC3)n2)c1. The minimum atomic E-state index is -0.365. The minimum Gasteiger partial charge on any atom is -0.497 e. The first-order chi connectivity index (χ1) is 14.5. The van der Waals surface area contributed by atoms with Gasteiger partial charge in [0.25, 0.3) is 0 Å². The molecule has 1 aliphatic heterocycles. The third-order valence-corrected chi connectivity index (χ3v) is 5.22. The lowest BCUT2D eigenvalue weighted by molar-refractivity contribution is 0.101. The summed E-state index contributed by atoms with van der Waals surface area (Å²) >= 11 is 0. The molecule has 0 amide bonds. The topological polar surface area (TPSA) is 71.7 Å².